The number of fused-ring (bicyclic) bond motifs is 1. The van der Waals surface area contributed by atoms with E-state index in [4.69, 9.17) is 5.11 Å². The molecule has 0 saturated carbocycles. The fourth-order valence-electron chi connectivity index (χ4n) is 1.49. The lowest BCUT2D eigenvalue weighted by Gasteiger charge is -2.05. The van der Waals surface area contributed by atoms with Crippen LogP contribution >= 0.6 is 0 Å². The zero-order chi connectivity index (χ0) is 12.3. The Bertz CT molecular complexity index is 578. The molecule has 3 nitrogen and oxygen atoms in total. The van der Waals surface area contributed by atoms with Crippen LogP contribution in [0.2, 0.25) is 0 Å². The molecule has 1 N–H and O–H groups in total. The van der Waals surface area contributed by atoms with E-state index in [2.05, 4.69) is 0 Å². The fourth-order valence-corrected chi connectivity index (χ4v) is 2.33. The molecule has 86 valence electrons. The highest BCUT2D eigenvalue weighted by molar-refractivity contribution is 7.94. The quantitative estimate of drug-likeness (QED) is 0.668. The van der Waals surface area contributed by atoms with E-state index < -0.39 is 17.1 Å². The molecule has 0 fully saturated rings. The van der Waals surface area contributed by atoms with Crippen molar-refractivity contribution in [2.24, 2.45) is 0 Å². The molecule has 0 spiro atoms. The second kappa shape index (κ2) is 5.03. The Hall–Kier alpha value is -1.78. The fraction of sp³-hybridized carbons (Fsp3) is 0. The molecule has 0 radical (unpaired) electrons. The molecule has 4 heteroatoms. The number of hydrogen-bond donors (Lipinski definition) is 1. The molecule has 0 aliphatic rings. The summed E-state index contributed by atoms with van der Waals surface area (Å²) in [7, 11) is 0. The van der Waals surface area contributed by atoms with Crippen LogP contribution in [0.3, 0.4) is 0 Å². The van der Waals surface area contributed by atoms with Crippen LogP contribution in [0.4, 0.5) is 0 Å². The molecule has 0 bridgehead atoms. The van der Waals surface area contributed by atoms with Crippen LogP contribution in [0.1, 0.15) is 0 Å². The molecule has 0 saturated heterocycles. The van der Waals surface area contributed by atoms with Gasteiger partial charge >= 0.3 is 5.97 Å². The molecule has 2 aromatic carbocycles. The molecule has 0 amide bonds. The molecule has 1 unspecified atom stereocenters. The van der Waals surface area contributed by atoms with Crippen molar-refractivity contribution in [2.75, 3.05) is 0 Å². The van der Waals surface area contributed by atoms with Crippen LogP contribution in [0.25, 0.3) is 10.8 Å². The predicted molar refractivity (Wildman–Crippen MR) is 67.1 cm³/mol. The average Bonchev–Trinajstić information content (AvgIpc) is 2.35. The van der Waals surface area contributed by atoms with Gasteiger partial charge in [0.15, 0.2) is 4.90 Å². The first-order valence-corrected chi connectivity index (χ1v) is 6.18. The van der Waals surface area contributed by atoms with Crippen molar-refractivity contribution >= 4 is 27.9 Å². The summed E-state index contributed by atoms with van der Waals surface area (Å²) in [5, 5.41) is 11.7. The third kappa shape index (κ3) is 2.87. The van der Waals surface area contributed by atoms with Gasteiger partial charge in [-0.1, -0.05) is 24.3 Å². The van der Waals surface area contributed by atoms with Crippen LogP contribution in [0.15, 0.2) is 58.8 Å². The number of carbonyl (C=O) groups is 1. The molecule has 17 heavy (non-hydrogen) atoms. The summed E-state index contributed by atoms with van der Waals surface area (Å²) in [5.41, 5.74) is 0. The third-order valence-corrected chi connectivity index (χ3v) is 3.39. The van der Waals surface area contributed by atoms with E-state index in [0.29, 0.717) is 4.90 Å². The van der Waals surface area contributed by atoms with Crippen LogP contribution < -0.4 is 0 Å². The highest BCUT2D eigenvalue weighted by Crippen LogP contribution is 2.20. The third-order valence-electron chi connectivity index (χ3n) is 2.29. The Morgan fingerprint density at radius 3 is 2.59 bits per heavy atom. The van der Waals surface area contributed by atoms with E-state index in [1.807, 2.05) is 30.3 Å². The molecular formula is C13H10O3S. The summed E-state index contributed by atoms with van der Waals surface area (Å²) in [4.78, 5) is 10.9. The van der Waals surface area contributed by atoms with E-state index in [9.17, 15) is 9.35 Å². The van der Waals surface area contributed by atoms with Crippen LogP contribution in [-0.2, 0) is 16.0 Å². The largest absolute Gasteiger partial charge is 0.607 e. The van der Waals surface area contributed by atoms with Crippen LogP contribution in [0.5, 0.6) is 0 Å². The minimum absolute atomic E-state index is 0.598. The molecule has 0 aromatic heterocycles. The van der Waals surface area contributed by atoms with Crippen molar-refractivity contribution in [1.82, 2.24) is 0 Å². The average molecular weight is 246 g/mol. The van der Waals surface area contributed by atoms with Crippen molar-refractivity contribution in [3.8, 4) is 0 Å². The van der Waals surface area contributed by atoms with Gasteiger partial charge in [0.05, 0.1) is 6.08 Å². The van der Waals surface area contributed by atoms with Crippen molar-refractivity contribution in [1.29, 1.82) is 0 Å². The first-order valence-electron chi connectivity index (χ1n) is 4.97. The molecule has 0 heterocycles. The smallest absolute Gasteiger partial charge is 0.332 e. The van der Waals surface area contributed by atoms with E-state index in [1.165, 1.54) is 5.41 Å². The van der Waals surface area contributed by atoms with Gasteiger partial charge in [-0.3, -0.25) is 0 Å². The lowest BCUT2D eigenvalue weighted by atomic mass is 10.1. The maximum atomic E-state index is 11.8. The standard InChI is InChI=1S/C13H10O3S/c14-13(15)7-8-17(16)12-6-5-10-3-1-2-4-11(10)9-12/h1-9H,(H,14,15)/b8-7+. The normalized spacial score (nSPS) is 13.0. The topological polar surface area (TPSA) is 60.4 Å². The van der Waals surface area contributed by atoms with Crippen LogP contribution in [-0.4, -0.2) is 15.6 Å². The summed E-state index contributed by atoms with van der Waals surface area (Å²) in [6.07, 6.45) is 0.894. The minimum Gasteiger partial charge on any atom is -0.607 e. The van der Waals surface area contributed by atoms with Gasteiger partial charge in [-0.2, -0.15) is 0 Å². The highest BCUT2D eigenvalue weighted by Gasteiger charge is 2.08. The molecular weight excluding hydrogens is 236 g/mol. The minimum atomic E-state index is -1.42. The number of aliphatic carboxylic acids is 1. The highest BCUT2D eigenvalue weighted by atomic mass is 32.2. The Balaban J connectivity index is 2.33. The first kappa shape index (κ1) is 11.7. The maximum Gasteiger partial charge on any atom is 0.332 e. The summed E-state index contributed by atoms with van der Waals surface area (Å²) in [6, 6.07) is 13.1. The molecule has 1 atom stereocenters. The van der Waals surface area contributed by atoms with E-state index >= 15 is 0 Å². The van der Waals surface area contributed by atoms with Gasteiger partial charge in [-0.15, -0.1) is 0 Å². The van der Waals surface area contributed by atoms with E-state index in [1.54, 1.807) is 12.1 Å². The van der Waals surface area contributed by atoms with Gasteiger partial charge in [0.2, 0.25) is 0 Å². The molecule has 0 aliphatic heterocycles. The summed E-state index contributed by atoms with van der Waals surface area (Å²) < 4.78 is 11.8. The van der Waals surface area contributed by atoms with E-state index in [-0.39, 0.29) is 0 Å². The molecule has 0 aliphatic carbocycles. The molecule has 2 rings (SSSR count). The first-order chi connectivity index (χ1) is 8.16. The van der Waals surface area contributed by atoms with Crippen molar-refractivity contribution in [3.63, 3.8) is 0 Å². The number of carboxylic acid groups (broad SMARTS) is 1. The zero-order valence-electron chi connectivity index (χ0n) is 8.87. The van der Waals surface area contributed by atoms with Crippen molar-refractivity contribution < 1.29 is 14.5 Å². The predicted octanol–water partition coefficient (Wildman–Crippen LogP) is 2.55. The van der Waals surface area contributed by atoms with Gasteiger partial charge in [-0.05, 0) is 22.9 Å². The van der Waals surface area contributed by atoms with Gasteiger partial charge in [0.25, 0.3) is 0 Å². The molecule has 2 aromatic rings. The lowest BCUT2D eigenvalue weighted by molar-refractivity contribution is -0.131. The van der Waals surface area contributed by atoms with E-state index in [0.717, 1.165) is 16.8 Å². The Kier molecular flexibility index (Phi) is 3.46. The van der Waals surface area contributed by atoms with Gasteiger partial charge in [0.1, 0.15) is 5.41 Å². The Morgan fingerprint density at radius 1 is 1.18 bits per heavy atom. The van der Waals surface area contributed by atoms with Gasteiger partial charge in [0, 0.05) is 17.2 Å². The number of rotatable bonds is 3. The van der Waals surface area contributed by atoms with Gasteiger partial charge < -0.3 is 9.66 Å². The zero-order valence-corrected chi connectivity index (χ0v) is 9.68. The summed E-state index contributed by atoms with van der Waals surface area (Å²) >= 11 is -1.42. The second-order valence-corrected chi connectivity index (χ2v) is 4.79. The maximum absolute atomic E-state index is 11.8. The van der Waals surface area contributed by atoms with Gasteiger partial charge in [-0.25, -0.2) is 4.79 Å². The van der Waals surface area contributed by atoms with Crippen molar-refractivity contribution in [3.05, 3.63) is 53.9 Å². The summed E-state index contributed by atoms with van der Waals surface area (Å²) in [5.74, 6) is -1.10. The lowest BCUT2D eigenvalue weighted by Crippen LogP contribution is -1.98. The summed E-state index contributed by atoms with van der Waals surface area (Å²) in [6.45, 7) is 0. The van der Waals surface area contributed by atoms with Crippen molar-refractivity contribution in [2.45, 2.75) is 4.90 Å². The van der Waals surface area contributed by atoms with Crippen LogP contribution in [0, 0.1) is 0 Å². The monoisotopic (exact) mass is 246 g/mol. The number of hydrogen-bond acceptors (Lipinski definition) is 2. The second-order valence-electron chi connectivity index (χ2n) is 3.45. The Labute approximate surface area is 102 Å². The number of benzene rings is 2. The number of carboxylic acids is 1. The Morgan fingerprint density at radius 2 is 1.88 bits per heavy atom. The SMILES string of the molecule is O=C(O)/C=C/[S+]([O-])c1ccc2ccccc2c1.